The number of carbonyl (C=O) groups excluding carboxylic acids is 1. The van der Waals surface area contributed by atoms with Crippen molar-refractivity contribution < 1.29 is 4.79 Å². The highest BCUT2D eigenvalue weighted by Gasteiger charge is 2.10. The fourth-order valence-electron chi connectivity index (χ4n) is 3.28. The van der Waals surface area contributed by atoms with Crippen molar-refractivity contribution in [3.8, 4) is 0 Å². The normalized spacial score (nSPS) is 11.0. The number of carbonyl (C=O) groups is 1. The first-order valence-corrected chi connectivity index (χ1v) is 9.43. The molecule has 0 aliphatic carbocycles. The standard InChI is InChI=1S/C23H18OS/c24-23(17-8-2-1-3-9-17)25-15-14-22-20-12-6-4-10-18(20)16-19-11-5-7-13-21(19)22/h1-13,16H,14-15H2. The maximum atomic E-state index is 12.3. The largest absolute Gasteiger partial charge is 0.282 e. The van der Waals surface area contributed by atoms with Crippen LogP contribution >= 0.6 is 11.8 Å². The zero-order chi connectivity index (χ0) is 17.1. The van der Waals surface area contributed by atoms with Crippen LogP contribution in [0.1, 0.15) is 15.9 Å². The monoisotopic (exact) mass is 342 g/mol. The van der Waals surface area contributed by atoms with E-state index in [1.54, 1.807) is 0 Å². The molecule has 2 heteroatoms. The Balaban J connectivity index is 1.63. The van der Waals surface area contributed by atoms with E-state index in [9.17, 15) is 4.79 Å². The Bertz CT molecular complexity index is 984. The number of thioether (sulfide) groups is 1. The molecule has 0 saturated heterocycles. The van der Waals surface area contributed by atoms with Gasteiger partial charge in [0.1, 0.15) is 0 Å². The van der Waals surface area contributed by atoms with Gasteiger partial charge in [0.25, 0.3) is 0 Å². The zero-order valence-electron chi connectivity index (χ0n) is 13.8. The SMILES string of the molecule is O=C(SCCc1c2ccccc2cc2ccccc12)c1ccccc1. The Kier molecular flexibility index (Phi) is 4.53. The number of fused-ring (bicyclic) bond motifs is 2. The molecule has 0 unspecified atom stereocenters. The molecule has 1 nitrogen and oxygen atoms in total. The Morgan fingerprint density at radius 2 is 1.28 bits per heavy atom. The first kappa shape index (κ1) is 15.9. The Labute approximate surface area is 151 Å². The predicted octanol–water partition coefficient (Wildman–Crippen LogP) is 6.11. The molecule has 4 rings (SSSR count). The average Bonchev–Trinajstić information content (AvgIpc) is 2.68. The van der Waals surface area contributed by atoms with Crippen LogP contribution in [0.2, 0.25) is 0 Å². The molecule has 122 valence electrons. The zero-order valence-corrected chi connectivity index (χ0v) is 14.6. The van der Waals surface area contributed by atoms with E-state index in [0.717, 1.165) is 17.7 Å². The summed E-state index contributed by atoms with van der Waals surface area (Å²) in [4.78, 5) is 12.3. The van der Waals surface area contributed by atoms with Gasteiger partial charge >= 0.3 is 0 Å². The molecule has 25 heavy (non-hydrogen) atoms. The summed E-state index contributed by atoms with van der Waals surface area (Å²) in [5, 5.41) is 5.24. The summed E-state index contributed by atoms with van der Waals surface area (Å²) in [5.41, 5.74) is 2.11. The van der Waals surface area contributed by atoms with E-state index < -0.39 is 0 Å². The van der Waals surface area contributed by atoms with E-state index in [0.29, 0.717) is 0 Å². The molecule has 0 bridgehead atoms. The molecule has 0 fully saturated rings. The third-order valence-corrected chi connectivity index (χ3v) is 5.38. The summed E-state index contributed by atoms with van der Waals surface area (Å²) < 4.78 is 0. The van der Waals surface area contributed by atoms with Crippen LogP contribution in [-0.2, 0) is 6.42 Å². The number of hydrogen-bond donors (Lipinski definition) is 0. The highest BCUT2D eigenvalue weighted by atomic mass is 32.2. The second-order valence-corrected chi connectivity index (χ2v) is 7.12. The van der Waals surface area contributed by atoms with Gasteiger partial charge in [-0.05, 0) is 39.6 Å². The number of aryl methyl sites for hydroxylation is 1. The molecule has 0 aliphatic rings. The molecular formula is C23H18OS. The molecule has 0 aliphatic heterocycles. The van der Waals surface area contributed by atoms with Crippen molar-refractivity contribution >= 4 is 38.4 Å². The van der Waals surface area contributed by atoms with Crippen LogP contribution < -0.4 is 0 Å². The van der Waals surface area contributed by atoms with Gasteiger partial charge < -0.3 is 0 Å². The van der Waals surface area contributed by atoms with Crippen LogP contribution in [0.15, 0.2) is 84.9 Å². The lowest BCUT2D eigenvalue weighted by Gasteiger charge is -2.11. The van der Waals surface area contributed by atoms with Gasteiger partial charge in [-0.2, -0.15) is 0 Å². The van der Waals surface area contributed by atoms with Crippen molar-refractivity contribution in [1.82, 2.24) is 0 Å². The maximum absolute atomic E-state index is 12.3. The van der Waals surface area contributed by atoms with Crippen LogP contribution in [0.3, 0.4) is 0 Å². The van der Waals surface area contributed by atoms with E-state index in [2.05, 4.69) is 54.6 Å². The van der Waals surface area contributed by atoms with Crippen LogP contribution in [0.25, 0.3) is 21.5 Å². The minimum absolute atomic E-state index is 0.144. The van der Waals surface area contributed by atoms with Crippen LogP contribution in [0.5, 0.6) is 0 Å². The molecule has 0 amide bonds. The second-order valence-electron chi connectivity index (χ2n) is 6.05. The molecule has 0 atom stereocenters. The predicted molar refractivity (Wildman–Crippen MR) is 108 cm³/mol. The second kappa shape index (κ2) is 7.12. The molecule has 4 aromatic rings. The quantitative estimate of drug-likeness (QED) is 0.416. The minimum atomic E-state index is 0.144. The molecule has 0 N–H and O–H groups in total. The van der Waals surface area contributed by atoms with Crippen molar-refractivity contribution in [2.75, 3.05) is 5.75 Å². The van der Waals surface area contributed by atoms with Crippen LogP contribution in [0.4, 0.5) is 0 Å². The van der Waals surface area contributed by atoms with Gasteiger partial charge in [0.15, 0.2) is 0 Å². The topological polar surface area (TPSA) is 17.1 Å². The van der Waals surface area contributed by atoms with E-state index >= 15 is 0 Å². The van der Waals surface area contributed by atoms with Gasteiger partial charge in [0, 0.05) is 11.3 Å². The van der Waals surface area contributed by atoms with Crippen molar-refractivity contribution in [2.24, 2.45) is 0 Å². The number of hydrogen-bond acceptors (Lipinski definition) is 2. The maximum Gasteiger partial charge on any atom is 0.219 e. The summed E-state index contributed by atoms with van der Waals surface area (Å²) in [6, 6.07) is 28.8. The summed E-state index contributed by atoms with van der Waals surface area (Å²) in [7, 11) is 0. The van der Waals surface area contributed by atoms with Crippen LogP contribution in [-0.4, -0.2) is 10.9 Å². The average molecular weight is 342 g/mol. The van der Waals surface area contributed by atoms with E-state index in [4.69, 9.17) is 0 Å². The van der Waals surface area contributed by atoms with E-state index in [1.165, 1.54) is 38.9 Å². The lowest BCUT2D eigenvalue weighted by atomic mass is 9.95. The molecule has 0 heterocycles. The lowest BCUT2D eigenvalue weighted by Crippen LogP contribution is -1.98. The van der Waals surface area contributed by atoms with Gasteiger partial charge in [-0.25, -0.2) is 0 Å². The van der Waals surface area contributed by atoms with Crippen molar-refractivity contribution in [2.45, 2.75) is 6.42 Å². The third-order valence-electron chi connectivity index (χ3n) is 4.48. The smallest absolute Gasteiger partial charge is 0.219 e. The van der Waals surface area contributed by atoms with Gasteiger partial charge in [-0.15, -0.1) is 0 Å². The summed E-state index contributed by atoms with van der Waals surface area (Å²) in [6.45, 7) is 0. The highest BCUT2D eigenvalue weighted by Crippen LogP contribution is 2.29. The van der Waals surface area contributed by atoms with Gasteiger partial charge in [-0.3, -0.25) is 4.79 Å². The van der Waals surface area contributed by atoms with Crippen molar-refractivity contribution in [3.63, 3.8) is 0 Å². The van der Waals surface area contributed by atoms with E-state index in [1.807, 2.05) is 30.3 Å². The molecule has 0 saturated carbocycles. The van der Waals surface area contributed by atoms with Crippen LogP contribution in [0, 0.1) is 0 Å². The van der Waals surface area contributed by atoms with Gasteiger partial charge in [0.2, 0.25) is 5.12 Å². The first-order chi connectivity index (χ1) is 12.3. The summed E-state index contributed by atoms with van der Waals surface area (Å²) in [5.74, 6) is 0.783. The Hall–Kier alpha value is -2.58. The van der Waals surface area contributed by atoms with Gasteiger partial charge in [0.05, 0.1) is 0 Å². The molecule has 0 aromatic heterocycles. The highest BCUT2D eigenvalue weighted by molar-refractivity contribution is 8.14. The first-order valence-electron chi connectivity index (χ1n) is 8.44. The third kappa shape index (κ3) is 3.31. The molecular weight excluding hydrogens is 324 g/mol. The fraction of sp³-hybridized carbons (Fsp3) is 0.0870. The van der Waals surface area contributed by atoms with Crippen molar-refractivity contribution in [1.29, 1.82) is 0 Å². The Morgan fingerprint density at radius 1 is 0.720 bits per heavy atom. The number of rotatable bonds is 4. The summed E-state index contributed by atoms with van der Waals surface area (Å²) >= 11 is 1.40. The van der Waals surface area contributed by atoms with Gasteiger partial charge in [-0.1, -0.05) is 90.6 Å². The molecule has 0 spiro atoms. The molecule has 0 radical (unpaired) electrons. The van der Waals surface area contributed by atoms with Crippen molar-refractivity contribution in [3.05, 3.63) is 96.1 Å². The summed E-state index contributed by atoms with van der Waals surface area (Å²) in [6.07, 6.45) is 0.880. The minimum Gasteiger partial charge on any atom is -0.282 e. The fourth-order valence-corrected chi connectivity index (χ4v) is 4.08. The van der Waals surface area contributed by atoms with E-state index in [-0.39, 0.29) is 5.12 Å². The number of benzene rings is 4. The Morgan fingerprint density at radius 3 is 1.92 bits per heavy atom. The lowest BCUT2D eigenvalue weighted by molar-refractivity contribution is 0.108. The molecule has 4 aromatic carbocycles.